The summed E-state index contributed by atoms with van der Waals surface area (Å²) in [6.45, 7) is 5.45. The molecule has 3 heteroatoms. The first-order valence-corrected chi connectivity index (χ1v) is 4.49. The van der Waals surface area contributed by atoms with Gasteiger partial charge in [-0.1, -0.05) is 6.92 Å². The molecule has 2 unspecified atom stereocenters. The van der Waals surface area contributed by atoms with Gasteiger partial charge in [0.2, 0.25) is 0 Å². The van der Waals surface area contributed by atoms with Crippen LogP contribution < -0.4 is 5.32 Å². The van der Waals surface area contributed by atoms with Crippen LogP contribution in [0.4, 0.5) is 0 Å². The predicted molar refractivity (Wildman–Crippen MR) is 46.7 cm³/mol. The molecule has 0 radical (unpaired) electrons. The second-order valence-electron chi connectivity index (χ2n) is 3.45. The van der Waals surface area contributed by atoms with Crippen molar-refractivity contribution >= 4 is 0 Å². The van der Waals surface area contributed by atoms with Gasteiger partial charge >= 0.3 is 0 Å². The summed E-state index contributed by atoms with van der Waals surface area (Å²) in [7, 11) is 0. The molecule has 2 atom stereocenters. The molecule has 1 N–H and O–H groups in total. The molecule has 0 bridgehead atoms. The topological polar surface area (TPSA) is 45.0 Å². The Labute approximate surface area is 73.7 Å². The van der Waals surface area contributed by atoms with Gasteiger partial charge in [-0.05, 0) is 13.3 Å². The quantitative estimate of drug-likeness (QED) is 0.685. The van der Waals surface area contributed by atoms with Crippen LogP contribution in [0.15, 0.2) is 0 Å². The van der Waals surface area contributed by atoms with E-state index in [1.807, 2.05) is 0 Å². The van der Waals surface area contributed by atoms with Crippen molar-refractivity contribution in [2.75, 3.05) is 13.2 Å². The molecule has 1 rings (SSSR count). The highest BCUT2D eigenvalue weighted by molar-refractivity contribution is 5.10. The van der Waals surface area contributed by atoms with Gasteiger partial charge in [0.05, 0.1) is 12.7 Å². The molecule has 12 heavy (non-hydrogen) atoms. The summed E-state index contributed by atoms with van der Waals surface area (Å²) in [5.41, 5.74) is -0.407. The molecular formula is C9H16N2O. The molecule has 1 heterocycles. The van der Waals surface area contributed by atoms with Crippen molar-refractivity contribution in [3.63, 3.8) is 0 Å². The molecule has 0 aromatic carbocycles. The minimum absolute atomic E-state index is 0.395. The van der Waals surface area contributed by atoms with E-state index in [1.54, 1.807) is 0 Å². The van der Waals surface area contributed by atoms with Gasteiger partial charge in [0.25, 0.3) is 0 Å². The monoisotopic (exact) mass is 168 g/mol. The van der Waals surface area contributed by atoms with Crippen molar-refractivity contribution in [3.05, 3.63) is 0 Å². The fraction of sp³-hybridized carbons (Fsp3) is 0.889. The lowest BCUT2D eigenvalue weighted by atomic mass is 9.99. The minimum Gasteiger partial charge on any atom is -0.378 e. The highest BCUT2D eigenvalue weighted by Gasteiger charge is 2.35. The molecule has 68 valence electrons. The standard InChI is InChI=1S/C9H16N2O/c1-3-8(2)11-9(6-10)4-5-12-7-9/h8,11H,3-5,7H2,1-2H3. The maximum atomic E-state index is 8.97. The highest BCUT2D eigenvalue weighted by atomic mass is 16.5. The molecule has 0 aromatic heterocycles. The fourth-order valence-electron chi connectivity index (χ4n) is 1.37. The Hall–Kier alpha value is -0.590. The average Bonchev–Trinajstić information content (AvgIpc) is 2.54. The summed E-state index contributed by atoms with van der Waals surface area (Å²) in [6, 6.07) is 2.70. The first kappa shape index (κ1) is 9.50. The molecule has 0 saturated carbocycles. The summed E-state index contributed by atoms with van der Waals surface area (Å²) in [5, 5.41) is 12.3. The first-order valence-electron chi connectivity index (χ1n) is 4.49. The summed E-state index contributed by atoms with van der Waals surface area (Å²) >= 11 is 0. The molecule has 3 nitrogen and oxygen atoms in total. The van der Waals surface area contributed by atoms with Crippen molar-refractivity contribution in [3.8, 4) is 6.07 Å². The van der Waals surface area contributed by atoms with Crippen LogP contribution in [0.1, 0.15) is 26.7 Å². The largest absolute Gasteiger partial charge is 0.378 e. The highest BCUT2D eigenvalue weighted by Crippen LogP contribution is 2.18. The fourth-order valence-corrected chi connectivity index (χ4v) is 1.37. The van der Waals surface area contributed by atoms with Crippen LogP contribution in [0, 0.1) is 11.3 Å². The summed E-state index contributed by atoms with van der Waals surface area (Å²) < 4.78 is 5.21. The molecule has 0 aliphatic carbocycles. The first-order chi connectivity index (χ1) is 5.72. The van der Waals surface area contributed by atoms with Crippen molar-refractivity contribution < 1.29 is 4.74 Å². The lowest BCUT2D eigenvalue weighted by molar-refractivity contribution is 0.176. The van der Waals surface area contributed by atoms with Crippen LogP contribution in [0.3, 0.4) is 0 Å². The zero-order chi connectivity index (χ0) is 9.03. The summed E-state index contributed by atoms with van der Waals surface area (Å²) in [4.78, 5) is 0. The Balaban J connectivity index is 2.51. The van der Waals surface area contributed by atoms with E-state index in [1.165, 1.54) is 0 Å². The van der Waals surface area contributed by atoms with Crippen LogP contribution in [0.25, 0.3) is 0 Å². The number of hydrogen-bond donors (Lipinski definition) is 1. The third kappa shape index (κ3) is 1.96. The summed E-state index contributed by atoms with van der Waals surface area (Å²) in [5.74, 6) is 0. The molecule has 1 aliphatic heterocycles. The molecular weight excluding hydrogens is 152 g/mol. The van der Waals surface area contributed by atoms with Gasteiger partial charge in [0.1, 0.15) is 5.54 Å². The molecule has 0 spiro atoms. The third-order valence-electron chi connectivity index (χ3n) is 2.37. The SMILES string of the molecule is CCC(C)NC1(C#N)CCOC1. The van der Waals surface area contributed by atoms with Crippen LogP contribution in [0.2, 0.25) is 0 Å². The van der Waals surface area contributed by atoms with Gasteiger partial charge in [0.15, 0.2) is 0 Å². The van der Waals surface area contributed by atoms with Crippen LogP contribution in [-0.4, -0.2) is 24.8 Å². The van der Waals surface area contributed by atoms with Crippen molar-refractivity contribution in [2.24, 2.45) is 0 Å². The van der Waals surface area contributed by atoms with Gasteiger partial charge in [0, 0.05) is 19.1 Å². The van der Waals surface area contributed by atoms with E-state index < -0.39 is 5.54 Å². The maximum Gasteiger partial charge on any atom is 0.132 e. The Kier molecular flexibility index (Phi) is 3.07. The number of rotatable bonds is 3. The molecule has 0 aromatic rings. The van der Waals surface area contributed by atoms with Crippen LogP contribution in [-0.2, 0) is 4.74 Å². The Bertz CT molecular complexity index is 179. The third-order valence-corrected chi connectivity index (χ3v) is 2.37. The molecule has 1 saturated heterocycles. The Morgan fingerprint density at radius 2 is 2.50 bits per heavy atom. The average molecular weight is 168 g/mol. The zero-order valence-electron chi connectivity index (χ0n) is 7.76. The van der Waals surface area contributed by atoms with E-state index in [-0.39, 0.29) is 0 Å². The van der Waals surface area contributed by atoms with E-state index in [0.29, 0.717) is 19.3 Å². The second-order valence-corrected chi connectivity index (χ2v) is 3.45. The summed E-state index contributed by atoms with van der Waals surface area (Å²) in [6.07, 6.45) is 1.86. The number of nitrogens with one attached hydrogen (secondary N) is 1. The van der Waals surface area contributed by atoms with Gasteiger partial charge in [-0.2, -0.15) is 5.26 Å². The van der Waals surface area contributed by atoms with Gasteiger partial charge in [-0.15, -0.1) is 0 Å². The number of nitrogens with zero attached hydrogens (tertiary/aromatic N) is 1. The smallest absolute Gasteiger partial charge is 0.132 e. The van der Waals surface area contributed by atoms with E-state index in [9.17, 15) is 0 Å². The van der Waals surface area contributed by atoms with Gasteiger partial charge < -0.3 is 4.74 Å². The van der Waals surface area contributed by atoms with E-state index in [4.69, 9.17) is 10.00 Å². The second kappa shape index (κ2) is 3.88. The van der Waals surface area contributed by atoms with Gasteiger partial charge in [-0.25, -0.2) is 0 Å². The predicted octanol–water partition coefficient (Wildman–Crippen LogP) is 1.06. The molecule has 1 fully saturated rings. The van der Waals surface area contributed by atoms with Crippen molar-refractivity contribution in [1.29, 1.82) is 5.26 Å². The molecule has 1 aliphatic rings. The lowest BCUT2D eigenvalue weighted by Gasteiger charge is -2.24. The minimum atomic E-state index is -0.407. The van der Waals surface area contributed by atoms with E-state index >= 15 is 0 Å². The molecule has 0 amide bonds. The Morgan fingerprint density at radius 3 is 2.92 bits per heavy atom. The maximum absolute atomic E-state index is 8.97. The van der Waals surface area contributed by atoms with E-state index in [2.05, 4.69) is 25.2 Å². The van der Waals surface area contributed by atoms with Gasteiger partial charge in [-0.3, -0.25) is 5.32 Å². The Morgan fingerprint density at radius 1 is 1.75 bits per heavy atom. The normalized spacial score (nSPS) is 31.4. The van der Waals surface area contributed by atoms with Crippen LogP contribution >= 0.6 is 0 Å². The van der Waals surface area contributed by atoms with Crippen LogP contribution in [0.5, 0.6) is 0 Å². The van der Waals surface area contributed by atoms with Crippen molar-refractivity contribution in [1.82, 2.24) is 5.32 Å². The lowest BCUT2D eigenvalue weighted by Crippen LogP contribution is -2.48. The number of nitriles is 1. The van der Waals surface area contributed by atoms with Crippen molar-refractivity contribution in [2.45, 2.75) is 38.3 Å². The van der Waals surface area contributed by atoms with E-state index in [0.717, 1.165) is 12.8 Å². The number of ether oxygens (including phenoxy) is 1. The number of hydrogen-bond acceptors (Lipinski definition) is 3. The zero-order valence-corrected chi connectivity index (χ0v) is 7.76.